The van der Waals surface area contributed by atoms with Crippen molar-refractivity contribution in [1.29, 1.82) is 0 Å². The number of carbonyl (C=O) groups is 2. The van der Waals surface area contributed by atoms with Gasteiger partial charge in [0, 0.05) is 20.4 Å². The van der Waals surface area contributed by atoms with Crippen LogP contribution in [0.15, 0.2) is 212 Å². The van der Waals surface area contributed by atoms with Crippen LogP contribution in [0.4, 0.5) is 0 Å². The van der Waals surface area contributed by atoms with Crippen molar-refractivity contribution in [3.05, 3.63) is 212 Å². The summed E-state index contributed by atoms with van der Waals surface area (Å²) >= 11 is 0. The fraction of sp³-hybridized carbons (Fsp3) is 0.267. The molecule has 382 valence electrons. The summed E-state index contributed by atoms with van der Waals surface area (Å²) in [4.78, 5) is 30.0. The highest BCUT2D eigenvalue weighted by molar-refractivity contribution is 5.85. The lowest BCUT2D eigenvalue weighted by atomic mass is 9.86. The van der Waals surface area contributed by atoms with E-state index in [-0.39, 0.29) is 26.4 Å². The first kappa shape index (κ1) is 51.2. The van der Waals surface area contributed by atoms with E-state index in [9.17, 15) is 4.79 Å². The average molecular weight is 1000 g/mol. The first-order chi connectivity index (χ1) is 36.2. The predicted octanol–water partition coefficient (Wildman–Crippen LogP) is 9.11. The largest absolute Gasteiger partial charge is 0.491 e. The summed E-state index contributed by atoms with van der Waals surface area (Å²) in [5.41, 5.74) is 6.10. The second-order valence-corrected chi connectivity index (χ2v) is 17.6. The molecule has 0 spiro atoms. The maximum atomic E-state index is 15.5. The fourth-order valence-electron chi connectivity index (χ4n) is 9.03. The molecule has 7 aromatic carbocycles. The molecule has 0 amide bonds. The Morgan fingerprint density at radius 1 is 0.405 bits per heavy atom. The molecule has 0 saturated carbocycles. The highest BCUT2D eigenvalue weighted by Gasteiger charge is 2.68. The molecule has 2 aliphatic heterocycles. The highest BCUT2D eigenvalue weighted by atomic mass is 16.8. The molecule has 0 radical (unpaired) electrons. The van der Waals surface area contributed by atoms with Crippen LogP contribution in [-0.2, 0) is 28.5 Å². The van der Waals surface area contributed by atoms with Gasteiger partial charge >= 0.3 is 0 Å². The third-order valence-corrected chi connectivity index (χ3v) is 12.5. The van der Waals surface area contributed by atoms with E-state index in [1.807, 2.05) is 115 Å². The van der Waals surface area contributed by atoms with E-state index in [0.29, 0.717) is 40.2 Å². The van der Waals surface area contributed by atoms with Crippen LogP contribution in [0.3, 0.4) is 0 Å². The summed E-state index contributed by atoms with van der Waals surface area (Å²) in [5, 5.41) is 0. The summed E-state index contributed by atoms with van der Waals surface area (Å²) in [5.74, 6) is -2.85. The Labute approximate surface area is 430 Å². The molecule has 7 aromatic rings. The lowest BCUT2D eigenvalue weighted by Gasteiger charge is -2.55. The Hall–Kier alpha value is -7.72. The minimum Gasteiger partial charge on any atom is -0.491 e. The number of carbonyl (C=O) groups excluding carboxylic acids is 2. The quantitative estimate of drug-likeness (QED) is 0.0646. The van der Waals surface area contributed by atoms with Crippen molar-refractivity contribution in [3.63, 3.8) is 0 Å². The number of hydrogen-bond donors (Lipinski definition) is 1. The van der Waals surface area contributed by atoms with Gasteiger partial charge in [-0.25, -0.2) is 0 Å². The Morgan fingerprint density at radius 2 is 0.703 bits per heavy atom. The van der Waals surface area contributed by atoms with Gasteiger partial charge in [-0.1, -0.05) is 127 Å². The third kappa shape index (κ3) is 12.0. The zero-order valence-electron chi connectivity index (χ0n) is 41.0. The Bertz CT molecular complexity index is 2800. The van der Waals surface area contributed by atoms with Crippen molar-refractivity contribution in [2.45, 2.75) is 74.3 Å². The van der Waals surface area contributed by atoms with Crippen LogP contribution in [0.5, 0.6) is 40.2 Å². The molecule has 0 bridgehead atoms. The van der Waals surface area contributed by atoms with E-state index >= 15 is 4.79 Å². The van der Waals surface area contributed by atoms with Gasteiger partial charge < -0.3 is 57.8 Å². The first-order valence-corrected chi connectivity index (χ1v) is 24.6. The summed E-state index contributed by atoms with van der Waals surface area (Å²) < 4.78 is 76.3. The summed E-state index contributed by atoms with van der Waals surface area (Å²) in [7, 11) is 0. The summed E-state index contributed by atoms with van der Waals surface area (Å²) in [6, 6.07) is 63.4. The molecule has 2 N–H and O–H groups in total. The van der Waals surface area contributed by atoms with E-state index < -0.39 is 72.0 Å². The van der Waals surface area contributed by atoms with Crippen LogP contribution in [0, 0.1) is 0 Å². The molecule has 14 heteroatoms. The molecular weight excluding hydrogens is 943 g/mol. The first-order valence-electron chi connectivity index (χ1n) is 24.6. The summed E-state index contributed by atoms with van der Waals surface area (Å²) in [6.07, 6.45) is -10.5. The topological polar surface area (TPSA) is 162 Å². The smallest absolute Gasteiger partial charge is 0.271 e. The maximum Gasteiger partial charge on any atom is 0.271 e. The second-order valence-electron chi connectivity index (χ2n) is 17.6. The van der Waals surface area contributed by atoms with E-state index in [1.54, 1.807) is 97.1 Å². The fourth-order valence-corrected chi connectivity index (χ4v) is 9.03. The predicted molar refractivity (Wildman–Crippen MR) is 275 cm³/mol. The van der Waals surface area contributed by atoms with Crippen molar-refractivity contribution >= 4 is 11.6 Å². The molecular formula is C60H59NO13. The van der Waals surface area contributed by atoms with Crippen molar-refractivity contribution in [1.82, 2.24) is 0 Å². The standard InChI is InChI=1S/C60H59NO13/c1-42(62)59(66-39-38-61)57(70-49-34-20-8-21-35-49)56(69-48-32-18-7-19-33-48)54(52(72-59)41-65-45-26-12-4-13-27-45)74-60(43(2)63)58(71-50-36-22-9-23-37-50)55(68-47-30-16-6-17-31-47)53(67-46-28-14-5-15-29-46)51(73-60)40-64-44-24-10-3-11-25-44/h3-37,51-58H,38-41,61H2,1-2H3/t51-,52-,53+,54-,55+,56+,57-,58-,59?,60?/m1/s1. The Kier molecular flexibility index (Phi) is 16.8. The number of ketones is 2. The van der Waals surface area contributed by atoms with Gasteiger partial charge in [0.25, 0.3) is 11.6 Å². The van der Waals surface area contributed by atoms with E-state index in [0.717, 1.165) is 0 Å². The van der Waals surface area contributed by atoms with E-state index in [2.05, 4.69) is 0 Å². The van der Waals surface area contributed by atoms with Crippen molar-refractivity contribution in [2.24, 2.45) is 5.73 Å². The average Bonchev–Trinajstić information content (AvgIpc) is 3.44. The SMILES string of the molecule is CC(=O)C1(O[C@H]2[C@H](Oc3ccccc3)[C@@H](Oc3ccccc3)C(OCCN)(C(C)=O)O[C@@H]2COc2ccccc2)O[C@H](COc2ccccc2)[C@H](Oc2ccccc2)[C@H](Oc2ccccc2)[C@H]1Oc1ccccc1. The molecule has 2 unspecified atom stereocenters. The summed E-state index contributed by atoms with van der Waals surface area (Å²) in [6.45, 7) is 2.15. The number of hydrogen-bond acceptors (Lipinski definition) is 14. The van der Waals surface area contributed by atoms with E-state index in [1.165, 1.54) is 13.8 Å². The van der Waals surface area contributed by atoms with Crippen LogP contribution in [0.1, 0.15) is 13.8 Å². The molecule has 2 heterocycles. The second kappa shape index (κ2) is 24.3. The number of nitrogens with two attached hydrogens (primary N) is 1. The van der Waals surface area contributed by atoms with Crippen LogP contribution in [0.2, 0.25) is 0 Å². The molecule has 0 aliphatic carbocycles. The zero-order chi connectivity index (χ0) is 51.2. The number of benzene rings is 7. The van der Waals surface area contributed by atoms with Crippen LogP contribution in [-0.4, -0.2) is 98.3 Å². The molecule has 2 saturated heterocycles. The zero-order valence-corrected chi connectivity index (χ0v) is 41.0. The molecule has 14 nitrogen and oxygen atoms in total. The van der Waals surface area contributed by atoms with Gasteiger partial charge in [0.2, 0.25) is 6.10 Å². The van der Waals surface area contributed by atoms with Crippen LogP contribution in [0.25, 0.3) is 0 Å². The number of Topliss-reactive ketones (excluding diaryl/α,β-unsaturated/α-hetero) is 2. The number of rotatable bonds is 23. The number of para-hydroxylation sites is 7. The highest BCUT2D eigenvalue weighted by Crippen LogP contribution is 2.45. The normalized spacial score (nSPS) is 25.4. The van der Waals surface area contributed by atoms with Gasteiger partial charge in [0.05, 0.1) is 6.61 Å². The minimum atomic E-state index is -2.44. The molecule has 2 fully saturated rings. The minimum absolute atomic E-state index is 0.0209. The Morgan fingerprint density at radius 3 is 1.07 bits per heavy atom. The monoisotopic (exact) mass is 1000 g/mol. The van der Waals surface area contributed by atoms with Gasteiger partial charge in [-0.2, -0.15) is 0 Å². The molecule has 10 atom stereocenters. The lowest BCUT2D eigenvalue weighted by Crippen LogP contribution is -2.77. The molecule has 74 heavy (non-hydrogen) atoms. The Balaban J connectivity index is 1.26. The lowest BCUT2D eigenvalue weighted by molar-refractivity contribution is -0.389. The molecule has 2 aliphatic rings. The van der Waals surface area contributed by atoms with E-state index in [4.69, 9.17) is 57.8 Å². The van der Waals surface area contributed by atoms with Crippen molar-refractivity contribution < 1.29 is 61.7 Å². The van der Waals surface area contributed by atoms with Gasteiger partial charge in [-0.3, -0.25) is 9.59 Å². The third-order valence-electron chi connectivity index (χ3n) is 12.5. The van der Waals surface area contributed by atoms with Crippen molar-refractivity contribution in [2.75, 3.05) is 26.4 Å². The van der Waals surface area contributed by atoms with Gasteiger partial charge in [-0.05, 0) is 84.9 Å². The van der Waals surface area contributed by atoms with Crippen molar-refractivity contribution in [3.8, 4) is 40.2 Å². The van der Waals surface area contributed by atoms with Gasteiger partial charge in [0.15, 0.2) is 36.0 Å². The number of ether oxygens (including phenoxy) is 11. The molecule has 9 rings (SSSR count). The van der Waals surface area contributed by atoms with Crippen LogP contribution < -0.4 is 38.9 Å². The van der Waals surface area contributed by atoms with Crippen LogP contribution >= 0.6 is 0 Å². The van der Waals surface area contributed by atoms with Gasteiger partial charge in [0.1, 0.15) is 71.8 Å². The maximum absolute atomic E-state index is 15.5. The molecule has 0 aromatic heterocycles. The van der Waals surface area contributed by atoms with Gasteiger partial charge in [-0.15, -0.1) is 0 Å².